The molecule has 108 valence electrons. The summed E-state index contributed by atoms with van der Waals surface area (Å²) >= 11 is 8.26. The molecule has 1 aromatic carbocycles. The lowest BCUT2D eigenvalue weighted by atomic mass is 10.2. The van der Waals surface area contributed by atoms with Gasteiger partial charge in [0.05, 0.1) is 20.8 Å². The third kappa shape index (κ3) is 2.39. The molecule has 3 nitrogen and oxygen atoms in total. The van der Waals surface area contributed by atoms with Gasteiger partial charge in [-0.3, -0.25) is 0 Å². The zero-order valence-corrected chi connectivity index (χ0v) is 14.1. The predicted octanol–water partition coefficient (Wildman–Crippen LogP) is 3.44. The van der Waals surface area contributed by atoms with Gasteiger partial charge >= 0.3 is 0 Å². The number of nitrogens with zero attached hydrogens (tertiary/aromatic N) is 2. The summed E-state index contributed by atoms with van der Waals surface area (Å²) < 4.78 is 3.16. The van der Waals surface area contributed by atoms with Crippen molar-refractivity contribution in [1.82, 2.24) is 9.56 Å². The van der Waals surface area contributed by atoms with Crippen molar-refractivity contribution in [3.8, 4) is 10.6 Å². The number of hydrogen-bond acceptors (Lipinski definition) is 3. The van der Waals surface area contributed by atoms with E-state index in [-0.39, 0.29) is 0 Å². The number of anilines is 1. The van der Waals surface area contributed by atoms with Gasteiger partial charge in [0.25, 0.3) is 0 Å². The SMILES string of the molecule is CNc1cc(C)c2nc3ccc(=[N+](C)C)c(Cl)c-3sc2c1. The summed E-state index contributed by atoms with van der Waals surface area (Å²) in [5.74, 6) is 0. The molecule has 1 N–H and O–H groups in total. The minimum Gasteiger partial charge on any atom is -0.388 e. The summed E-state index contributed by atoms with van der Waals surface area (Å²) in [5.41, 5.74) is 4.25. The molecule has 1 aromatic rings. The Morgan fingerprint density at radius 3 is 2.67 bits per heavy atom. The van der Waals surface area contributed by atoms with Gasteiger partial charge in [-0.05, 0) is 30.7 Å². The van der Waals surface area contributed by atoms with Crippen molar-refractivity contribution in [2.45, 2.75) is 6.92 Å². The molecule has 1 aliphatic heterocycles. The van der Waals surface area contributed by atoms with Crippen molar-refractivity contribution < 1.29 is 0 Å². The van der Waals surface area contributed by atoms with Crippen LogP contribution < -0.4 is 15.2 Å². The third-order valence-corrected chi connectivity index (χ3v) is 5.18. The molecule has 0 radical (unpaired) electrons. The van der Waals surface area contributed by atoms with E-state index < -0.39 is 0 Å². The van der Waals surface area contributed by atoms with Crippen LogP contribution in [0.2, 0.25) is 5.02 Å². The minimum absolute atomic E-state index is 0.768. The van der Waals surface area contributed by atoms with Crippen molar-refractivity contribution in [2.24, 2.45) is 0 Å². The number of hydrogen-bond donors (Lipinski definition) is 1. The molecule has 0 atom stereocenters. The first kappa shape index (κ1) is 14.3. The van der Waals surface area contributed by atoms with Crippen molar-refractivity contribution in [3.63, 3.8) is 0 Å². The minimum atomic E-state index is 0.768. The molecule has 3 rings (SSSR count). The first-order valence-corrected chi connectivity index (χ1v) is 7.92. The van der Waals surface area contributed by atoms with E-state index in [0.717, 1.165) is 36.9 Å². The lowest BCUT2D eigenvalue weighted by Crippen LogP contribution is -2.22. The summed E-state index contributed by atoms with van der Waals surface area (Å²) in [6.45, 7) is 2.09. The Morgan fingerprint density at radius 1 is 1.24 bits per heavy atom. The molecular weight excluding hydrogens is 302 g/mol. The van der Waals surface area contributed by atoms with Gasteiger partial charge in [-0.25, -0.2) is 9.56 Å². The lowest BCUT2D eigenvalue weighted by Gasteiger charge is -2.11. The molecule has 0 saturated heterocycles. The summed E-state index contributed by atoms with van der Waals surface area (Å²) in [7, 11) is 5.92. The Labute approximate surface area is 132 Å². The van der Waals surface area contributed by atoms with Crippen LogP contribution in [0.4, 0.5) is 5.69 Å². The lowest BCUT2D eigenvalue weighted by molar-refractivity contribution is 0.814. The van der Waals surface area contributed by atoms with E-state index >= 15 is 0 Å². The van der Waals surface area contributed by atoms with Gasteiger partial charge in [0.15, 0.2) is 0 Å². The van der Waals surface area contributed by atoms with Gasteiger partial charge in [0.1, 0.15) is 19.1 Å². The van der Waals surface area contributed by atoms with Gasteiger partial charge in [-0.1, -0.05) is 11.6 Å². The Kier molecular flexibility index (Phi) is 3.59. The maximum absolute atomic E-state index is 6.56. The summed E-state index contributed by atoms with van der Waals surface area (Å²) in [5, 5.41) is 4.97. The molecule has 0 spiro atoms. The van der Waals surface area contributed by atoms with Crippen LogP contribution in [0.3, 0.4) is 0 Å². The predicted molar refractivity (Wildman–Crippen MR) is 92.7 cm³/mol. The largest absolute Gasteiger partial charge is 0.388 e. The first-order chi connectivity index (χ1) is 10.0. The summed E-state index contributed by atoms with van der Waals surface area (Å²) in [4.78, 5) is 5.82. The fraction of sp³-hybridized carbons (Fsp3) is 0.250. The molecule has 21 heavy (non-hydrogen) atoms. The zero-order chi connectivity index (χ0) is 15.1. The summed E-state index contributed by atoms with van der Waals surface area (Å²) in [6.07, 6.45) is 0. The highest BCUT2D eigenvalue weighted by molar-refractivity contribution is 7.22. The van der Waals surface area contributed by atoms with Crippen LogP contribution in [0.25, 0.3) is 20.8 Å². The van der Waals surface area contributed by atoms with E-state index in [0.29, 0.717) is 0 Å². The van der Waals surface area contributed by atoms with E-state index in [1.807, 2.05) is 37.9 Å². The molecule has 0 fully saturated rings. The summed E-state index contributed by atoms with van der Waals surface area (Å²) in [6, 6.07) is 8.30. The second-order valence-corrected chi connectivity index (χ2v) is 6.68. The zero-order valence-electron chi connectivity index (χ0n) is 12.5. The number of aryl methyl sites for hydroxylation is 1. The third-order valence-electron chi connectivity index (χ3n) is 3.54. The Bertz CT molecular complexity index is 879. The van der Waals surface area contributed by atoms with Crippen molar-refractivity contribution in [2.75, 3.05) is 26.5 Å². The van der Waals surface area contributed by atoms with E-state index in [4.69, 9.17) is 16.6 Å². The van der Waals surface area contributed by atoms with Crippen LogP contribution in [0.15, 0.2) is 24.3 Å². The molecule has 0 unspecified atom stereocenters. The van der Waals surface area contributed by atoms with Crippen LogP contribution in [0.5, 0.6) is 0 Å². The Hall–Kier alpha value is -1.65. The smallest absolute Gasteiger partial charge is 0.219 e. The second-order valence-electron chi connectivity index (χ2n) is 5.25. The second kappa shape index (κ2) is 5.28. The number of aromatic nitrogens is 1. The fourth-order valence-electron chi connectivity index (χ4n) is 2.41. The van der Waals surface area contributed by atoms with E-state index in [1.54, 1.807) is 11.3 Å². The molecule has 2 aliphatic rings. The van der Waals surface area contributed by atoms with Gasteiger partial charge in [0, 0.05) is 18.8 Å². The topological polar surface area (TPSA) is 27.9 Å². The molecule has 0 aromatic heterocycles. The van der Waals surface area contributed by atoms with Crippen LogP contribution in [-0.2, 0) is 0 Å². The highest BCUT2D eigenvalue weighted by Crippen LogP contribution is 2.36. The van der Waals surface area contributed by atoms with E-state index in [9.17, 15) is 0 Å². The van der Waals surface area contributed by atoms with Gasteiger partial charge in [-0.15, -0.1) is 11.3 Å². The van der Waals surface area contributed by atoms with Crippen LogP contribution in [-0.4, -0.2) is 26.1 Å². The quantitative estimate of drug-likeness (QED) is 0.550. The molecule has 0 amide bonds. The average Bonchev–Trinajstić information content (AvgIpc) is 2.46. The molecule has 5 heteroatoms. The van der Waals surface area contributed by atoms with Crippen LogP contribution in [0, 0.1) is 6.92 Å². The van der Waals surface area contributed by atoms with Crippen LogP contribution in [0.1, 0.15) is 5.56 Å². The number of halogens is 1. The number of rotatable bonds is 1. The maximum Gasteiger partial charge on any atom is 0.219 e. The van der Waals surface area contributed by atoms with E-state index in [2.05, 4.69) is 24.4 Å². The van der Waals surface area contributed by atoms with Crippen molar-refractivity contribution >= 4 is 38.8 Å². The average molecular weight is 319 g/mol. The normalized spacial score (nSPS) is 11.1. The Morgan fingerprint density at radius 2 is 2.00 bits per heavy atom. The highest BCUT2D eigenvalue weighted by atomic mass is 35.5. The van der Waals surface area contributed by atoms with Crippen LogP contribution >= 0.6 is 22.9 Å². The number of fused-ring (bicyclic) bond motifs is 2. The molecular formula is C16H17ClN3S+. The fourth-order valence-corrected chi connectivity index (χ4v) is 3.98. The standard InChI is InChI=1S/C16H16ClN3S/c1-9-7-10(18-2)8-13-15(9)19-11-5-6-12(20(3)4)14(17)16(11)21-13/h5-8H,1-4H3/p+1. The molecule has 1 heterocycles. The maximum atomic E-state index is 6.56. The molecule has 0 saturated carbocycles. The van der Waals surface area contributed by atoms with Gasteiger partial charge < -0.3 is 5.32 Å². The van der Waals surface area contributed by atoms with Crippen molar-refractivity contribution in [1.29, 1.82) is 0 Å². The highest BCUT2D eigenvalue weighted by Gasteiger charge is 2.16. The molecule has 0 bridgehead atoms. The van der Waals surface area contributed by atoms with Gasteiger partial charge in [-0.2, -0.15) is 0 Å². The number of benzene rings is 2. The first-order valence-electron chi connectivity index (χ1n) is 6.73. The Balaban J connectivity index is 2.45. The number of nitrogens with one attached hydrogen (secondary N) is 1. The monoisotopic (exact) mass is 318 g/mol. The van der Waals surface area contributed by atoms with E-state index in [1.165, 1.54) is 5.56 Å². The van der Waals surface area contributed by atoms with Gasteiger partial charge in [0.2, 0.25) is 5.36 Å². The molecule has 1 aliphatic carbocycles. The van der Waals surface area contributed by atoms with Crippen molar-refractivity contribution in [3.05, 3.63) is 40.2 Å².